The SMILES string of the molecule is O=C(O)CC1(c2cccc3c(Br)c[nH]c23)CC1. The third-order valence-electron chi connectivity index (χ3n) is 3.58. The minimum atomic E-state index is -0.717. The zero-order valence-electron chi connectivity index (χ0n) is 9.16. The lowest BCUT2D eigenvalue weighted by atomic mass is 9.91. The van der Waals surface area contributed by atoms with Gasteiger partial charge in [-0.2, -0.15) is 0 Å². The lowest BCUT2D eigenvalue weighted by Crippen LogP contribution is -2.13. The summed E-state index contributed by atoms with van der Waals surface area (Å²) in [5.74, 6) is -0.717. The standard InChI is InChI=1S/C13H12BrNO2/c14-10-7-15-12-8(10)2-1-3-9(12)13(4-5-13)6-11(16)17/h1-3,7,15H,4-6H2,(H,16,17). The number of hydrogen-bond acceptors (Lipinski definition) is 1. The van der Waals surface area contributed by atoms with Gasteiger partial charge in [0.05, 0.1) is 11.9 Å². The van der Waals surface area contributed by atoms with Crippen LogP contribution < -0.4 is 0 Å². The molecule has 0 unspecified atom stereocenters. The summed E-state index contributed by atoms with van der Waals surface area (Å²) in [7, 11) is 0. The summed E-state index contributed by atoms with van der Waals surface area (Å²) in [6.45, 7) is 0. The van der Waals surface area contributed by atoms with Crippen LogP contribution in [0.15, 0.2) is 28.9 Å². The number of carboxylic acid groups (broad SMARTS) is 1. The molecule has 0 bridgehead atoms. The molecule has 0 aliphatic heterocycles. The maximum Gasteiger partial charge on any atom is 0.304 e. The van der Waals surface area contributed by atoms with Crippen molar-refractivity contribution in [3.63, 3.8) is 0 Å². The number of hydrogen-bond donors (Lipinski definition) is 2. The van der Waals surface area contributed by atoms with Crippen LogP contribution in [-0.2, 0) is 10.2 Å². The van der Waals surface area contributed by atoms with Crippen molar-refractivity contribution in [2.24, 2.45) is 0 Å². The van der Waals surface area contributed by atoms with Gasteiger partial charge in [-0.05, 0) is 34.3 Å². The van der Waals surface area contributed by atoms with Gasteiger partial charge in [-0.15, -0.1) is 0 Å². The molecule has 3 rings (SSSR count). The van der Waals surface area contributed by atoms with Gasteiger partial charge in [-0.25, -0.2) is 0 Å². The van der Waals surface area contributed by atoms with Crippen LogP contribution in [-0.4, -0.2) is 16.1 Å². The highest BCUT2D eigenvalue weighted by Gasteiger charge is 2.47. The molecule has 0 atom stereocenters. The quantitative estimate of drug-likeness (QED) is 0.911. The molecule has 1 aliphatic rings. The molecule has 1 aliphatic carbocycles. The summed E-state index contributed by atoms with van der Waals surface area (Å²) >= 11 is 3.49. The second kappa shape index (κ2) is 3.60. The number of carboxylic acids is 1. The van der Waals surface area contributed by atoms with Crippen LogP contribution in [0.1, 0.15) is 24.8 Å². The van der Waals surface area contributed by atoms with Gasteiger partial charge in [0.2, 0.25) is 0 Å². The van der Waals surface area contributed by atoms with E-state index in [4.69, 9.17) is 5.11 Å². The number of halogens is 1. The largest absolute Gasteiger partial charge is 0.481 e. The fourth-order valence-electron chi connectivity index (χ4n) is 2.54. The van der Waals surface area contributed by atoms with Gasteiger partial charge >= 0.3 is 5.97 Å². The number of nitrogens with one attached hydrogen (secondary N) is 1. The molecule has 1 aromatic carbocycles. The van der Waals surface area contributed by atoms with Crippen LogP contribution in [0.25, 0.3) is 10.9 Å². The first kappa shape index (κ1) is 10.8. The van der Waals surface area contributed by atoms with Crippen LogP contribution in [0.3, 0.4) is 0 Å². The minimum absolute atomic E-state index is 0.143. The van der Waals surface area contributed by atoms with Crippen LogP contribution in [0.5, 0.6) is 0 Å². The fraction of sp³-hybridized carbons (Fsp3) is 0.308. The van der Waals surface area contributed by atoms with Crippen molar-refractivity contribution >= 4 is 32.8 Å². The van der Waals surface area contributed by atoms with E-state index in [1.165, 1.54) is 0 Å². The van der Waals surface area contributed by atoms with Gasteiger partial charge in [0.15, 0.2) is 0 Å². The smallest absolute Gasteiger partial charge is 0.304 e. The van der Waals surface area contributed by atoms with Gasteiger partial charge in [-0.3, -0.25) is 4.79 Å². The van der Waals surface area contributed by atoms with Crippen molar-refractivity contribution in [2.75, 3.05) is 0 Å². The van der Waals surface area contributed by atoms with Crippen molar-refractivity contribution in [1.82, 2.24) is 4.98 Å². The molecule has 88 valence electrons. The maximum absolute atomic E-state index is 11.0. The Morgan fingerprint density at radius 1 is 1.47 bits per heavy atom. The predicted molar refractivity (Wildman–Crippen MR) is 69.2 cm³/mol. The zero-order valence-corrected chi connectivity index (χ0v) is 10.8. The molecule has 1 fully saturated rings. The number of rotatable bonds is 3. The van der Waals surface area contributed by atoms with Crippen LogP contribution in [0.4, 0.5) is 0 Å². The monoisotopic (exact) mass is 293 g/mol. The number of H-pyrrole nitrogens is 1. The molecule has 1 heterocycles. The predicted octanol–water partition coefficient (Wildman–Crippen LogP) is 3.44. The number of aliphatic carboxylic acids is 1. The number of aromatic amines is 1. The molecule has 0 saturated heterocycles. The Hall–Kier alpha value is -1.29. The number of aromatic nitrogens is 1. The number of carbonyl (C=O) groups is 1. The highest BCUT2D eigenvalue weighted by Crippen LogP contribution is 2.53. The summed E-state index contributed by atoms with van der Waals surface area (Å²) < 4.78 is 1.03. The summed E-state index contributed by atoms with van der Waals surface area (Å²) in [5, 5.41) is 10.1. The van der Waals surface area contributed by atoms with E-state index in [1.807, 2.05) is 24.4 Å². The number of fused-ring (bicyclic) bond motifs is 1. The molecule has 2 aromatic rings. The molecule has 17 heavy (non-hydrogen) atoms. The molecular weight excluding hydrogens is 282 g/mol. The Morgan fingerprint density at radius 3 is 2.88 bits per heavy atom. The second-order valence-corrected chi connectivity index (χ2v) is 5.57. The summed E-state index contributed by atoms with van der Waals surface area (Å²) in [5.41, 5.74) is 2.07. The van der Waals surface area contributed by atoms with E-state index < -0.39 is 5.97 Å². The van der Waals surface area contributed by atoms with Gasteiger partial charge in [-0.1, -0.05) is 18.2 Å². The van der Waals surface area contributed by atoms with E-state index in [9.17, 15) is 4.79 Å². The number of para-hydroxylation sites is 1. The molecule has 1 saturated carbocycles. The Labute approximate surface area is 107 Å². The normalized spacial score (nSPS) is 17.2. The lowest BCUT2D eigenvalue weighted by molar-refractivity contribution is -0.137. The number of benzene rings is 1. The van der Waals surface area contributed by atoms with E-state index in [2.05, 4.69) is 20.9 Å². The van der Waals surface area contributed by atoms with E-state index in [0.29, 0.717) is 0 Å². The Bertz CT molecular complexity index is 598. The van der Waals surface area contributed by atoms with Gasteiger partial charge in [0, 0.05) is 21.5 Å². The van der Waals surface area contributed by atoms with Gasteiger partial charge in [0.1, 0.15) is 0 Å². The summed E-state index contributed by atoms with van der Waals surface area (Å²) in [6.07, 6.45) is 4.07. The van der Waals surface area contributed by atoms with Crippen molar-refractivity contribution in [3.8, 4) is 0 Å². The lowest BCUT2D eigenvalue weighted by Gasteiger charge is -2.14. The average molecular weight is 294 g/mol. The first-order valence-corrected chi connectivity index (χ1v) is 6.40. The molecule has 3 nitrogen and oxygen atoms in total. The molecule has 0 amide bonds. The molecule has 0 spiro atoms. The molecule has 1 aromatic heterocycles. The van der Waals surface area contributed by atoms with Crippen molar-refractivity contribution in [2.45, 2.75) is 24.7 Å². The first-order chi connectivity index (χ1) is 8.12. The highest BCUT2D eigenvalue weighted by molar-refractivity contribution is 9.10. The third kappa shape index (κ3) is 1.67. The summed E-state index contributed by atoms with van der Waals surface area (Å²) in [6, 6.07) is 6.08. The summed E-state index contributed by atoms with van der Waals surface area (Å²) in [4.78, 5) is 14.2. The average Bonchev–Trinajstić information content (AvgIpc) is 2.96. The zero-order chi connectivity index (χ0) is 12.0. The van der Waals surface area contributed by atoms with Gasteiger partial charge < -0.3 is 10.1 Å². The highest BCUT2D eigenvalue weighted by atomic mass is 79.9. The van der Waals surface area contributed by atoms with E-state index in [-0.39, 0.29) is 11.8 Å². The Morgan fingerprint density at radius 2 is 2.24 bits per heavy atom. The molecular formula is C13H12BrNO2. The molecule has 0 radical (unpaired) electrons. The fourth-order valence-corrected chi connectivity index (χ4v) is 2.99. The van der Waals surface area contributed by atoms with E-state index >= 15 is 0 Å². The van der Waals surface area contributed by atoms with Gasteiger partial charge in [0.25, 0.3) is 0 Å². The van der Waals surface area contributed by atoms with E-state index in [1.54, 1.807) is 0 Å². The van der Waals surface area contributed by atoms with Crippen molar-refractivity contribution < 1.29 is 9.90 Å². The van der Waals surface area contributed by atoms with Crippen molar-refractivity contribution in [1.29, 1.82) is 0 Å². The van der Waals surface area contributed by atoms with Crippen LogP contribution in [0, 0.1) is 0 Å². The minimum Gasteiger partial charge on any atom is -0.481 e. The van der Waals surface area contributed by atoms with Crippen molar-refractivity contribution in [3.05, 3.63) is 34.4 Å². The second-order valence-electron chi connectivity index (χ2n) is 4.72. The Balaban J connectivity index is 2.15. The first-order valence-electron chi connectivity index (χ1n) is 5.60. The Kier molecular flexibility index (Phi) is 2.30. The van der Waals surface area contributed by atoms with E-state index in [0.717, 1.165) is 33.8 Å². The van der Waals surface area contributed by atoms with Crippen LogP contribution >= 0.6 is 15.9 Å². The molecule has 2 N–H and O–H groups in total. The topological polar surface area (TPSA) is 53.1 Å². The van der Waals surface area contributed by atoms with Crippen LogP contribution in [0.2, 0.25) is 0 Å². The molecule has 4 heteroatoms. The third-order valence-corrected chi connectivity index (χ3v) is 4.24. The maximum atomic E-state index is 11.0.